The van der Waals surface area contributed by atoms with Gasteiger partial charge in [-0.3, -0.25) is 4.21 Å². The SMILES string of the molecule is O=S(CCC1OCCCO1)c1cccc(Cl)c1. The van der Waals surface area contributed by atoms with Crippen LogP contribution in [0.4, 0.5) is 0 Å². The van der Waals surface area contributed by atoms with E-state index in [-0.39, 0.29) is 6.29 Å². The van der Waals surface area contributed by atoms with Gasteiger partial charge in [-0.15, -0.1) is 0 Å². The van der Waals surface area contributed by atoms with Crippen LogP contribution in [0.2, 0.25) is 5.02 Å². The topological polar surface area (TPSA) is 35.5 Å². The van der Waals surface area contributed by atoms with E-state index in [0.717, 1.165) is 24.5 Å². The Morgan fingerprint density at radius 3 is 2.82 bits per heavy atom. The predicted molar refractivity (Wildman–Crippen MR) is 67.7 cm³/mol. The molecule has 17 heavy (non-hydrogen) atoms. The maximum Gasteiger partial charge on any atom is 0.158 e. The summed E-state index contributed by atoms with van der Waals surface area (Å²) >= 11 is 5.85. The number of hydrogen-bond acceptors (Lipinski definition) is 3. The first-order valence-electron chi connectivity index (χ1n) is 5.63. The maximum atomic E-state index is 12.0. The molecule has 1 aromatic rings. The number of hydrogen-bond donors (Lipinski definition) is 0. The molecule has 3 nitrogen and oxygen atoms in total. The summed E-state index contributed by atoms with van der Waals surface area (Å²) in [5.41, 5.74) is 0. The zero-order chi connectivity index (χ0) is 12.1. The first kappa shape index (κ1) is 13.0. The molecule has 1 aliphatic rings. The summed E-state index contributed by atoms with van der Waals surface area (Å²) in [4.78, 5) is 0.758. The summed E-state index contributed by atoms with van der Waals surface area (Å²) in [6.45, 7) is 1.46. The second kappa shape index (κ2) is 6.50. The van der Waals surface area contributed by atoms with E-state index in [1.165, 1.54) is 0 Å². The van der Waals surface area contributed by atoms with Crippen molar-refractivity contribution in [3.8, 4) is 0 Å². The van der Waals surface area contributed by atoms with Crippen molar-refractivity contribution < 1.29 is 13.7 Å². The second-order valence-corrected chi connectivity index (χ2v) is 5.83. The van der Waals surface area contributed by atoms with Gasteiger partial charge in [0.2, 0.25) is 0 Å². The van der Waals surface area contributed by atoms with Gasteiger partial charge in [-0.25, -0.2) is 0 Å². The first-order chi connectivity index (χ1) is 8.25. The van der Waals surface area contributed by atoms with E-state index >= 15 is 0 Å². The minimum absolute atomic E-state index is 0.202. The van der Waals surface area contributed by atoms with E-state index in [1.807, 2.05) is 12.1 Å². The van der Waals surface area contributed by atoms with Gasteiger partial charge >= 0.3 is 0 Å². The molecule has 0 spiro atoms. The lowest BCUT2D eigenvalue weighted by molar-refractivity contribution is -0.178. The van der Waals surface area contributed by atoms with E-state index in [9.17, 15) is 4.21 Å². The molecule has 0 radical (unpaired) electrons. The Bertz CT molecular complexity index is 391. The summed E-state index contributed by atoms with van der Waals surface area (Å²) in [5.74, 6) is 0.533. The van der Waals surface area contributed by atoms with Crippen LogP contribution in [0, 0.1) is 0 Å². The monoisotopic (exact) mass is 274 g/mol. The van der Waals surface area contributed by atoms with Crippen molar-refractivity contribution >= 4 is 22.4 Å². The Morgan fingerprint density at radius 1 is 1.35 bits per heavy atom. The Hall–Kier alpha value is -0.420. The highest BCUT2D eigenvalue weighted by atomic mass is 35.5. The number of ether oxygens (including phenoxy) is 2. The van der Waals surface area contributed by atoms with Gasteiger partial charge in [0.15, 0.2) is 6.29 Å². The Balaban J connectivity index is 1.84. The molecule has 1 aromatic carbocycles. The Labute approximate surface area is 109 Å². The van der Waals surface area contributed by atoms with Gasteiger partial charge in [-0.05, 0) is 24.6 Å². The molecule has 0 aliphatic carbocycles. The minimum Gasteiger partial charge on any atom is -0.353 e. The molecule has 1 atom stereocenters. The van der Waals surface area contributed by atoms with Crippen LogP contribution in [0.5, 0.6) is 0 Å². The number of rotatable bonds is 4. The molecule has 0 bridgehead atoms. The third-order valence-electron chi connectivity index (χ3n) is 2.49. The molecule has 1 fully saturated rings. The van der Waals surface area contributed by atoms with E-state index in [0.29, 0.717) is 17.2 Å². The third-order valence-corrected chi connectivity index (χ3v) is 4.12. The fourth-order valence-corrected chi connectivity index (χ4v) is 3.02. The zero-order valence-corrected chi connectivity index (χ0v) is 11.0. The fraction of sp³-hybridized carbons (Fsp3) is 0.500. The van der Waals surface area contributed by atoms with Gasteiger partial charge in [0.25, 0.3) is 0 Å². The van der Waals surface area contributed by atoms with Gasteiger partial charge in [0.1, 0.15) is 0 Å². The van der Waals surface area contributed by atoms with Crippen molar-refractivity contribution in [2.45, 2.75) is 24.0 Å². The van der Waals surface area contributed by atoms with Crippen molar-refractivity contribution in [2.75, 3.05) is 19.0 Å². The predicted octanol–water partition coefficient (Wildman–Crippen LogP) is 2.60. The number of halogens is 1. The molecule has 2 rings (SSSR count). The summed E-state index contributed by atoms with van der Waals surface area (Å²) < 4.78 is 22.8. The lowest BCUT2D eigenvalue weighted by atomic mass is 10.4. The lowest BCUT2D eigenvalue weighted by Crippen LogP contribution is -2.26. The quantitative estimate of drug-likeness (QED) is 0.847. The maximum absolute atomic E-state index is 12.0. The average Bonchev–Trinajstić information content (AvgIpc) is 2.37. The van der Waals surface area contributed by atoms with Gasteiger partial charge in [0, 0.05) is 22.1 Å². The summed E-state index contributed by atoms with van der Waals surface area (Å²) in [5, 5.41) is 0.612. The Kier molecular flexibility index (Phi) is 4.98. The van der Waals surface area contributed by atoms with E-state index in [1.54, 1.807) is 12.1 Å². The molecule has 0 amide bonds. The molecule has 0 aromatic heterocycles. The van der Waals surface area contributed by atoms with Gasteiger partial charge in [-0.1, -0.05) is 17.7 Å². The highest BCUT2D eigenvalue weighted by molar-refractivity contribution is 7.85. The fourth-order valence-electron chi connectivity index (χ4n) is 1.63. The van der Waals surface area contributed by atoms with Crippen molar-refractivity contribution in [1.29, 1.82) is 0 Å². The van der Waals surface area contributed by atoms with Crippen LogP contribution in [-0.2, 0) is 20.3 Å². The normalized spacial score (nSPS) is 19.1. The van der Waals surface area contributed by atoms with Crippen molar-refractivity contribution in [2.24, 2.45) is 0 Å². The molecular formula is C12H15ClO3S. The molecule has 5 heteroatoms. The minimum atomic E-state index is -1.04. The molecule has 94 valence electrons. The summed E-state index contributed by atoms with van der Waals surface area (Å²) in [6, 6.07) is 7.14. The van der Waals surface area contributed by atoms with E-state index < -0.39 is 10.8 Å². The van der Waals surface area contributed by atoms with E-state index in [4.69, 9.17) is 21.1 Å². The second-order valence-electron chi connectivity index (χ2n) is 3.82. The summed E-state index contributed by atoms with van der Waals surface area (Å²) in [7, 11) is -1.04. The number of benzene rings is 1. The van der Waals surface area contributed by atoms with Crippen LogP contribution in [0.1, 0.15) is 12.8 Å². The van der Waals surface area contributed by atoms with Gasteiger partial charge in [0.05, 0.1) is 24.0 Å². The van der Waals surface area contributed by atoms with Crippen molar-refractivity contribution in [3.63, 3.8) is 0 Å². The highest BCUT2D eigenvalue weighted by Crippen LogP contribution is 2.16. The largest absolute Gasteiger partial charge is 0.353 e. The summed E-state index contributed by atoms with van der Waals surface area (Å²) in [6.07, 6.45) is 1.39. The van der Waals surface area contributed by atoms with Crippen molar-refractivity contribution in [1.82, 2.24) is 0 Å². The molecule has 0 saturated carbocycles. The molecule has 1 aliphatic heterocycles. The lowest BCUT2D eigenvalue weighted by Gasteiger charge is -2.22. The average molecular weight is 275 g/mol. The molecule has 1 unspecified atom stereocenters. The van der Waals surface area contributed by atoms with Crippen LogP contribution in [0.3, 0.4) is 0 Å². The van der Waals surface area contributed by atoms with Crippen LogP contribution in [0.25, 0.3) is 0 Å². The Morgan fingerprint density at radius 2 is 2.12 bits per heavy atom. The zero-order valence-electron chi connectivity index (χ0n) is 9.43. The molecule has 1 heterocycles. The van der Waals surface area contributed by atoms with Crippen LogP contribution in [0.15, 0.2) is 29.2 Å². The molecule has 1 saturated heterocycles. The van der Waals surface area contributed by atoms with Crippen LogP contribution in [-0.4, -0.2) is 29.5 Å². The van der Waals surface area contributed by atoms with Gasteiger partial charge in [-0.2, -0.15) is 0 Å². The smallest absolute Gasteiger partial charge is 0.158 e. The standard InChI is InChI=1S/C12H15ClO3S/c13-10-3-1-4-11(9-10)17(14)8-5-12-15-6-2-7-16-12/h1,3-4,9,12H,2,5-8H2. The molecule has 0 N–H and O–H groups in total. The van der Waals surface area contributed by atoms with Gasteiger partial charge < -0.3 is 9.47 Å². The van der Waals surface area contributed by atoms with Crippen LogP contribution < -0.4 is 0 Å². The van der Waals surface area contributed by atoms with E-state index in [2.05, 4.69) is 0 Å². The third kappa shape index (κ3) is 4.07. The first-order valence-corrected chi connectivity index (χ1v) is 7.32. The van der Waals surface area contributed by atoms with Crippen LogP contribution >= 0.6 is 11.6 Å². The highest BCUT2D eigenvalue weighted by Gasteiger charge is 2.15. The molecular weight excluding hydrogens is 260 g/mol. The van der Waals surface area contributed by atoms with Crippen molar-refractivity contribution in [3.05, 3.63) is 29.3 Å².